The summed E-state index contributed by atoms with van der Waals surface area (Å²) in [6, 6.07) is -0.513. The highest BCUT2D eigenvalue weighted by molar-refractivity contribution is 5.89. The average Bonchev–Trinajstić information content (AvgIpc) is 2.21. The molecule has 0 spiro atoms. The van der Waals surface area contributed by atoms with Gasteiger partial charge in [-0.15, -0.1) is 0 Å². The Kier molecular flexibility index (Phi) is 4.37. The van der Waals surface area contributed by atoms with Crippen molar-refractivity contribution in [1.82, 2.24) is 10.6 Å². The summed E-state index contributed by atoms with van der Waals surface area (Å²) in [6.45, 7) is 11.2. The molecule has 2 amide bonds. The minimum absolute atomic E-state index is 0.0451. The van der Waals surface area contributed by atoms with Crippen molar-refractivity contribution in [3.05, 3.63) is 0 Å². The van der Waals surface area contributed by atoms with Crippen molar-refractivity contribution < 1.29 is 14.3 Å². The molecular formula is C13H24N2O3. The zero-order chi connectivity index (χ0) is 14.0. The van der Waals surface area contributed by atoms with Crippen LogP contribution in [0.25, 0.3) is 0 Å². The molecule has 5 nitrogen and oxygen atoms in total. The zero-order valence-corrected chi connectivity index (χ0v) is 11.9. The van der Waals surface area contributed by atoms with Crippen LogP contribution in [-0.4, -0.2) is 37.6 Å². The summed E-state index contributed by atoms with van der Waals surface area (Å²) in [7, 11) is 0. The summed E-state index contributed by atoms with van der Waals surface area (Å²) in [5, 5.41) is 5.56. The Bertz CT molecular complexity index is 330. The van der Waals surface area contributed by atoms with E-state index in [0.717, 1.165) is 0 Å². The van der Waals surface area contributed by atoms with Gasteiger partial charge >= 0.3 is 0 Å². The van der Waals surface area contributed by atoms with E-state index in [2.05, 4.69) is 17.6 Å². The smallest absolute Gasteiger partial charge is 0.242 e. The lowest BCUT2D eigenvalue weighted by Crippen LogP contribution is -2.53. The van der Waals surface area contributed by atoms with Gasteiger partial charge in [0.15, 0.2) is 0 Å². The molecule has 0 aromatic heterocycles. The van der Waals surface area contributed by atoms with Crippen LogP contribution in [0.1, 0.15) is 34.6 Å². The minimum atomic E-state index is -0.513. The van der Waals surface area contributed by atoms with Gasteiger partial charge in [-0.1, -0.05) is 27.7 Å². The molecule has 0 aliphatic carbocycles. The molecule has 1 atom stereocenters. The van der Waals surface area contributed by atoms with Crippen molar-refractivity contribution in [2.75, 3.05) is 19.8 Å². The fourth-order valence-corrected chi connectivity index (χ4v) is 1.48. The van der Waals surface area contributed by atoms with Crippen LogP contribution in [0.3, 0.4) is 0 Å². The SMILES string of the molecule is CC(NC(=O)C(C)(C)C)C(=O)NCC1(C)COC1. The molecule has 18 heavy (non-hydrogen) atoms. The number of hydrogen-bond acceptors (Lipinski definition) is 3. The first-order chi connectivity index (χ1) is 8.14. The number of amides is 2. The Hall–Kier alpha value is -1.10. The summed E-state index contributed by atoms with van der Waals surface area (Å²) < 4.78 is 5.12. The van der Waals surface area contributed by atoms with E-state index in [1.54, 1.807) is 6.92 Å². The first kappa shape index (κ1) is 15.0. The molecule has 1 saturated heterocycles. The second-order valence-electron chi connectivity index (χ2n) is 6.47. The number of ether oxygens (including phenoxy) is 1. The van der Waals surface area contributed by atoms with Gasteiger partial charge in [0.1, 0.15) is 6.04 Å². The van der Waals surface area contributed by atoms with Gasteiger partial charge in [0, 0.05) is 17.4 Å². The molecule has 0 saturated carbocycles. The fraction of sp³-hybridized carbons (Fsp3) is 0.846. The molecule has 0 aromatic carbocycles. The van der Waals surface area contributed by atoms with E-state index in [0.29, 0.717) is 19.8 Å². The van der Waals surface area contributed by atoms with E-state index in [1.165, 1.54) is 0 Å². The number of carbonyl (C=O) groups is 2. The molecule has 2 N–H and O–H groups in total. The molecule has 1 rings (SSSR count). The van der Waals surface area contributed by atoms with E-state index in [9.17, 15) is 9.59 Å². The van der Waals surface area contributed by atoms with Gasteiger partial charge in [-0.05, 0) is 6.92 Å². The van der Waals surface area contributed by atoms with Crippen LogP contribution in [0.2, 0.25) is 0 Å². The summed E-state index contributed by atoms with van der Waals surface area (Å²) in [6.07, 6.45) is 0. The Balaban J connectivity index is 2.35. The van der Waals surface area contributed by atoms with Crippen molar-refractivity contribution >= 4 is 11.8 Å². The Morgan fingerprint density at radius 3 is 2.28 bits per heavy atom. The topological polar surface area (TPSA) is 67.4 Å². The maximum absolute atomic E-state index is 11.8. The van der Waals surface area contributed by atoms with Gasteiger partial charge in [0.25, 0.3) is 0 Å². The standard InChI is InChI=1S/C13H24N2O3/c1-9(15-11(17)12(2,3)4)10(16)14-6-13(5)7-18-8-13/h9H,6-8H2,1-5H3,(H,14,16)(H,15,17). The molecule has 1 heterocycles. The number of carbonyl (C=O) groups excluding carboxylic acids is 2. The highest BCUT2D eigenvalue weighted by Crippen LogP contribution is 2.25. The third-order valence-electron chi connectivity index (χ3n) is 3.01. The normalized spacial score (nSPS) is 19.6. The summed E-state index contributed by atoms with van der Waals surface area (Å²) in [4.78, 5) is 23.6. The van der Waals surface area contributed by atoms with Crippen LogP contribution in [-0.2, 0) is 14.3 Å². The van der Waals surface area contributed by atoms with Crippen LogP contribution < -0.4 is 10.6 Å². The predicted molar refractivity (Wildman–Crippen MR) is 69.0 cm³/mol. The minimum Gasteiger partial charge on any atom is -0.380 e. The third kappa shape index (κ3) is 3.98. The van der Waals surface area contributed by atoms with Gasteiger partial charge in [-0.2, -0.15) is 0 Å². The summed E-state index contributed by atoms with van der Waals surface area (Å²) >= 11 is 0. The zero-order valence-electron chi connectivity index (χ0n) is 11.9. The first-order valence-electron chi connectivity index (χ1n) is 6.30. The first-order valence-corrected chi connectivity index (χ1v) is 6.30. The van der Waals surface area contributed by atoms with Gasteiger partial charge in [-0.25, -0.2) is 0 Å². The van der Waals surface area contributed by atoms with Crippen LogP contribution in [0.15, 0.2) is 0 Å². The lowest BCUT2D eigenvalue weighted by Gasteiger charge is -2.38. The maximum Gasteiger partial charge on any atom is 0.242 e. The van der Waals surface area contributed by atoms with Gasteiger partial charge in [-0.3, -0.25) is 9.59 Å². The van der Waals surface area contributed by atoms with Crippen molar-refractivity contribution in [3.63, 3.8) is 0 Å². The largest absolute Gasteiger partial charge is 0.380 e. The van der Waals surface area contributed by atoms with E-state index in [1.807, 2.05) is 20.8 Å². The Morgan fingerprint density at radius 2 is 1.89 bits per heavy atom. The van der Waals surface area contributed by atoms with Crippen molar-refractivity contribution in [2.24, 2.45) is 10.8 Å². The molecule has 0 aromatic rings. The quantitative estimate of drug-likeness (QED) is 0.777. The summed E-state index contributed by atoms with van der Waals surface area (Å²) in [5.74, 6) is -0.274. The highest BCUT2D eigenvalue weighted by Gasteiger charge is 2.34. The van der Waals surface area contributed by atoms with Crippen LogP contribution in [0.4, 0.5) is 0 Å². The van der Waals surface area contributed by atoms with Gasteiger partial charge in [0.2, 0.25) is 11.8 Å². The molecule has 1 unspecified atom stereocenters. The Morgan fingerprint density at radius 1 is 1.33 bits per heavy atom. The van der Waals surface area contributed by atoms with Gasteiger partial charge < -0.3 is 15.4 Å². The van der Waals surface area contributed by atoms with E-state index in [4.69, 9.17) is 4.74 Å². The third-order valence-corrected chi connectivity index (χ3v) is 3.01. The van der Waals surface area contributed by atoms with Crippen LogP contribution >= 0.6 is 0 Å². The number of nitrogens with one attached hydrogen (secondary N) is 2. The molecule has 0 radical (unpaired) electrons. The van der Waals surface area contributed by atoms with Crippen molar-refractivity contribution in [2.45, 2.75) is 40.7 Å². The highest BCUT2D eigenvalue weighted by atomic mass is 16.5. The maximum atomic E-state index is 11.8. The van der Waals surface area contributed by atoms with E-state index < -0.39 is 11.5 Å². The average molecular weight is 256 g/mol. The summed E-state index contributed by atoms with van der Waals surface area (Å²) in [5.41, 5.74) is -0.439. The second-order valence-corrected chi connectivity index (χ2v) is 6.47. The van der Waals surface area contributed by atoms with E-state index >= 15 is 0 Å². The molecule has 1 fully saturated rings. The van der Waals surface area contributed by atoms with Crippen molar-refractivity contribution in [3.8, 4) is 0 Å². The predicted octanol–water partition coefficient (Wildman–Crippen LogP) is 0.690. The Labute approximate surface area is 109 Å². The molecule has 1 aliphatic rings. The fourth-order valence-electron chi connectivity index (χ4n) is 1.48. The number of rotatable bonds is 4. The molecule has 1 aliphatic heterocycles. The second kappa shape index (κ2) is 5.26. The molecular weight excluding hydrogens is 232 g/mol. The molecule has 104 valence electrons. The molecule has 0 bridgehead atoms. The molecule has 5 heteroatoms. The van der Waals surface area contributed by atoms with E-state index in [-0.39, 0.29) is 17.2 Å². The van der Waals surface area contributed by atoms with Crippen molar-refractivity contribution in [1.29, 1.82) is 0 Å². The van der Waals surface area contributed by atoms with Gasteiger partial charge in [0.05, 0.1) is 13.2 Å². The number of hydrogen-bond donors (Lipinski definition) is 2. The van der Waals surface area contributed by atoms with Crippen LogP contribution in [0, 0.1) is 10.8 Å². The monoisotopic (exact) mass is 256 g/mol. The van der Waals surface area contributed by atoms with Crippen LogP contribution in [0.5, 0.6) is 0 Å². The lowest BCUT2D eigenvalue weighted by molar-refractivity contribution is -0.134. The lowest BCUT2D eigenvalue weighted by atomic mass is 9.88.